The molecule has 0 aliphatic heterocycles. The molecule has 4 aliphatic rings. The van der Waals surface area contributed by atoms with E-state index in [-0.39, 0.29) is 17.3 Å². The maximum Gasteiger partial charge on any atom is 0.0753 e. The first-order valence-electron chi connectivity index (χ1n) is 16.7. The summed E-state index contributed by atoms with van der Waals surface area (Å²) in [5.41, 5.74) is 18.2. The molecular weight excluding hydrogens is 567 g/mol. The molecule has 0 N–H and O–H groups in total. The number of fused-ring (bicyclic) bond motifs is 7. The molecule has 6 aromatic rings. The van der Waals surface area contributed by atoms with E-state index >= 15 is 0 Å². The minimum atomic E-state index is -0.0554. The molecule has 5 aromatic carbocycles. The van der Waals surface area contributed by atoms with E-state index in [1.165, 1.54) is 77.6 Å². The molecule has 0 fully saturated rings. The van der Waals surface area contributed by atoms with Crippen molar-refractivity contribution in [1.29, 1.82) is 0 Å². The summed E-state index contributed by atoms with van der Waals surface area (Å²) in [4.78, 5) is 5.44. The van der Waals surface area contributed by atoms with Crippen molar-refractivity contribution in [3.8, 4) is 33.5 Å². The van der Waals surface area contributed by atoms with Crippen molar-refractivity contribution in [2.24, 2.45) is 5.92 Å². The third-order valence-electron chi connectivity index (χ3n) is 11.1. The highest BCUT2D eigenvalue weighted by Crippen LogP contribution is 2.62. The molecule has 1 aromatic heterocycles. The Balaban J connectivity index is 1.24. The second kappa shape index (κ2) is 9.74. The van der Waals surface area contributed by atoms with E-state index < -0.39 is 0 Å². The topological polar surface area (TPSA) is 12.9 Å². The second-order valence-corrected chi connectivity index (χ2v) is 13.8. The van der Waals surface area contributed by atoms with Crippen LogP contribution in [0.1, 0.15) is 47.7 Å². The number of hydrogen-bond acceptors (Lipinski definition) is 1. The zero-order valence-corrected chi connectivity index (χ0v) is 26.5. The highest BCUT2D eigenvalue weighted by Gasteiger charge is 2.45. The fourth-order valence-corrected chi connectivity index (χ4v) is 9.02. The van der Waals surface area contributed by atoms with E-state index in [0.717, 1.165) is 11.4 Å². The van der Waals surface area contributed by atoms with E-state index in [9.17, 15) is 0 Å². The van der Waals surface area contributed by atoms with Crippen LogP contribution in [0.25, 0.3) is 55.4 Å². The molecule has 10 rings (SSSR count). The fraction of sp³-hybridized carbons (Fsp3) is 0.109. The van der Waals surface area contributed by atoms with Gasteiger partial charge in [0.15, 0.2) is 0 Å². The Labute approximate surface area is 276 Å². The van der Waals surface area contributed by atoms with Gasteiger partial charge in [0.2, 0.25) is 0 Å². The number of pyridine rings is 1. The van der Waals surface area contributed by atoms with Crippen LogP contribution < -0.4 is 0 Å². The fourth-order valence-electron chi connectivity index (χ4n) is 9.02. The van der Waals surface area contributed by atoms with Crippen LogP contribution in [0.3, 0.4) is 0 Å². The van der Waals surface area contributed by atoms with Gasteiger partial charge in [-0.2, -0.15) is 0 Å². The monoisotopic (exact) mass is 599 g/mol. The van der Waals surface area contributed by atoms with Crippen LogP contribution >= 0.6 is 0 Å². The van der Waals surface area contributed by atoms with Crippen LogP contribution in [0.4, 0.5) is 0 Å². The third-order valence-corrected chi connectivity index (χ3v) is 11.1. The molecule has 0 amide bonds. The van der Waals surface area contributed by atoms with Crippen molar-refractivity contribution < 1.29 is 0 Å². The number of rotatable bonds is 3. The molecule has 0 radical (unpaired) electrons. The largest absolute Gasteiger partial charge is 0.247 e. The summed E-state index contributed by atoms with van der Waals surface area (Å²) in [6.07, 6.45) is 11.8. The predicted molar refractivity (Wildman–Crippen MR) is 196 cm³/mol. The Hall–Kier alpha value is -5.53. The number of allylic oxidation sites excluding steroid dienone is 8. The van der Waals surface area contributed by atoms with E-state index in [4.69, 9.17) is 4.98 Å². The zero-order chi connectivity index (χ0) is 31.3. The van der Waals surface area contributed by atoms with Crippen molar-refractivity contribution in [2.75, 3.05) is 0 Å². The van der Waals surface area contributed by atoms with Crippen LogP contribution in [0.2, 0.25) is 0 Å². The normalized spacial score (nSPS) is 19.3. The van der Waals surface area contributed by atoms with Gasteiger partial charge in [-0.15, -0.1) is 0 Å². The van der Waals surface area contributed by atoms with Gasteiger partial charge in [0, 0.05) is 28.4 Å². The summed E-state index contributed by atoms with van der Waals surface area (Å²) < 4.78 is 0. The van der Waals surface area contributed by atoms with Crippen molar-refractivity contribution in [2.45, 2.75) is 25.2 Å². The minimum Gasteiger partial charge on any atom is -0.247 e. The first-order chi connectivity index (χ1) is 23.1. The summed E-state index contributed by atoms with van der Waals surface area (Å²) >= 11 is 0. The van der Waals surface area contributed by atoms with E-state index in [0.29, 0.717) is 0 Å². The predicted octanol–water partition coefficient (Wildman–Crippen LogP) is 11.6. The summed E-state index contributed by atoms with van der Waals surface area (Å²) in [7, 11) is 0. The van der Waals surface area contributed by atoms with Crippen LogP contribution in [0.5, 0.6) is 0 Å². The highest BCUT2D eigenvalue weighted by molar-refractivity contribution is 6.14. The minimum absolute atomic E-state index is 0.0554. The molecule has 47 heavy (non-hydrogen) atoms. The van der Waals surface area contributed by atoms with Crippen molar-refractivity contribution in [3.63, 3.8) is 0 Å². The maximum absolute atomic E-state index is 5.44. The molecule has 4 aliphatic carbocycles. The molecule has 1 heteroatoms. The third kappa shape index (κ3) is 3.63. The molecule has 2 atom stereocenters. The lowest BCUT2D eigenvalue weighted by Gasteiger charge is -2.30. The Morgan fingerprint density at radius 1 is 0.553 bits per heavy atom. The average molecular weight is 600 g/mol. The van der Waals surface area contributed by atoms with Crippen LogP contribution in [-0.4, -0.2) is 4.98 Å². The maximum atomic E-state index is 5.44. The smallest absolute Gasteiger partial charge is 0.0753 e. The molecule has 0 spiro atoms. The molecule has 1 heterocycles. The Morgan fingerprint density at radius 2 is 1.21 bits per heavy atom. The first-order valence-corrected chi connectivity index (χ1v) is 16.7. The Kier molecular flexibility index (Phi) is 5.52. The lowest BCUT2D eigenvalue weighted by Crippen LogP contribution is -2.17. The van der Waals surface area contributed by atoms with Crippen LogP contribution in [0, 0.1) is 5.92 Å². The van der Waals surface area contributed by atoms with Gasteiger partial charge in [0.1, 0.15) is 0 Å². The Morgan fingerprint density at radius 3 is 1.98 bits per heavy atom. The number of aromatic nitrogens is 1. The molecule has 0 saturated carbocycles. The molecular formula is C46H33N. The van der Waals surface area contributed by atoms with E-state index in [1.807, 2.05) is 0 Å². The first kappa shape index (κ1) is 26.7. The number of nitrogens with zero attached hydrogens (tertiary/aromatic N) is 1. The highest BCUT2D eigenvalue weighted by atomic mass is 14.7. The van der Waals surface area contributed by atoms with E-state index in [2.05, 4.69) is 166 Å². The molecule has 222 valence electrons. The summed E-state index contributed by atoms with van der Waals surface area (Å²) in [5.74, 6) is 0.465. The van der Waals surface area contributed by atoms with E-state index in [1.54, 1.807) is 0 Å². The van der Waals surface area contributed by atoms with Gasteiger partial charge in [-0.05, 0) is 72.5 Å². The summed E-state index contributed by atoms with van der Waals surface area (Å²) in [5, 5.41) is 2.62. The van der Waals surface area contributed by atoms with Gasteiger partial charge in [0.05, 0.1) is 11.4 Å². The standard InChI is InChI=1S/C46H33N/c1-46(2)37-23-12-11-20-34(37)45-38(46)26-27-39(47-45)30-24-25-36-42-31(30)21-13-22-35(42)43-40(28-14-5-3-6-15-28)32-18-9-10-19-33(32)41(44(36)43)29-16-7-4-8-17-29/h3-27,35,42H,1-2H3. The van der Waals surface area contributed by atoms with Gasteiger partial charge in [-0.1, -0.05) is 159 Å². The van der Waals surface area contributed by atoms with Crippen LogP contribution in [0.15, 0.2) is 157 Å². The number of benzene rings is 5. The lowest BCUT2D eigenvalue weighted by molar-refractivity contribution is 0.659. The SMILES string of the molecule is CC1(C)c2ccccc2-c2nc(C3=CC=C4c5c(c(-c6ccccc6)c6ccccc6c5-c5ccccc5)C5C=CC=C3C45)ccc21. The van der Waals surface area contributed by atoms with Crippen molar-refractivity contribution in [3.05, 3.63) is 185 Å². The summed E-state index contributed by atoms with van der Waals surface area (Å²) in [6, 6.07) is 44.4. The number of hydrogen-bond donors (Lipinski definition) is 0. The zero-order valence-electron chi connectivity index (χ0n) is 26.5. The van der Waals surface area contributed by atoms with Gasteiger partial charge in [-0.3, -0.25) is 0 Å². The van der Waals surface area contributed by atoms with Gasteiger partial charge >= 0.3 is 0 Å². The average Bonchev–Trinajstić information content (AvgIpc) is 3.57. The summed E-state index contributed by atoms with van der Waals surface area (Å²) in [6.45, 7) is 4.64. The molecule has 2 unspecified atom stereocenters. The quantitative estimate of drug-likeness (QED) is 0.197. The van der Waals surface area contributed by atoms with Gasteiger partial charge < -0.3 is 0 Å². The van der Waals surface area contributed by atoms with Gasteiger partial charge in [-0.25, -0.2) is 4.98 Å². The van der Waals surface area contributed by atoms with Gasteiger partial charge in [0.25, 0.3) is 0 Å². The van der Waals surface area contributed by atoms with Crippen LogP contribution in [-0.2, 0) is 5.41 Å². The second-order valence-electron chi connectivity index (χ2n) is 13.8. The molecule has 1 nitrogen and oxygen atoms in total. The Bertz CT molecular complexity index is 2420. The molecule has 0 bridgehead atoms. The van der Waals surface area contributed by atoms with Crippen molar-refractivity contribution in [1.82, 2.24) is 4.98 Å². The molecule has 0 saturated heterocycles. The lowest BCUT2D eigenvalue weighted by atomic mass is 9.74. The van der Waals surface area contributed by atoms with Crippen molar-refractivity contribution >= 4 is 21.9 Å².